The predicted molar refractivity (Wildman–Crippen MR) is 111 cm³/mol. The zero-order valence-electron chi connectivity index (χ0n) is 15.5. The van der Waals surface area contributed by atoms with E-state index in [2.05, 4.69) is 15.1 Å². The van der Waals surface area contributed by atoms with Crippen LogP contribution in [-0.4, -0.2) is 40.6 Å². The minimum atomic E-state index is -0.326. The van der Waals surface area contributed by atoms with Crippen LogP contribution in [0.1, 0.15) is 19.4 Å². The molecule has 0 unspecified atom stereocenters. The van der Waals surface area contributed by atoms with Gasteiger partial charge in [0.15, 0.2) is 0 Å². The second-order valence-corrected chi connectivity index (χ2v) is 6.87. The highest BCUT2D eigenvalue weighted by atomic mass is 35.5. The molecule has 0 fully saturated rings. The van der Waals surface area contributed by atoms with Crippen molar-refractivity contribution in [1.29, 1.82) is 0 Å². The van der Waals surface area contributed by atoms with Gasteiger partial charge in [-0.25, -0.2) is 4.98 Å². The summed E-state index contributed by atoms with van der Waals surface area (Å²) in [5.74, 6) is 0.858. The van der Waals surface area contributed by atoms with Crippen LogP contribution in [0.2, 0.25) is 5.15 Å². The fourth-order valence-electron chi connectivity index (χ4n) is 3.27. The van der Waals surface area contributed by atoms with E-state index in [9.17, 15) is 4.79 Å². The van der Waals surface area contributed by atoms with E-state index in [-0.39, 0.29) is 17.9 Å². The Morgan fingerprint density at radius 2 is 2.11 bits per heavy atom. The number of amidine groups is 1. The highest BCUT2D eigenvalue weighted by Crippen LogP contribution is 2.26. The Balaban J connectivity index is 1.63. The first-order valence-corrected chi connectivity index (χ1v) is 9.45. The third kappa shape index (κ3) is 3.43. The molecule has 0 N–H and O–H groups in total. The van der Waals surface area contributed by atoms with E-state index in [1.807, 2.05) is 55.5 Å². The van der Waals surface area contributed by atoms with Gasteiger partial charge in [-0.2, -0.15) is 10.1 Å². The average molecular weight is 395 g/mol. The van der Waals surface area contributed by atoms with Crippen LogP contribution in [0, 0.1) is 5.92 Å². The second-order valence-electron chi connectivity index (χ2n) is 6.51. The molecule has 1 aromatic heterocycles. The molecule has 0 radical (unpaired) electrons. The molecule has 1 aliphatic heterocycles. The van der Waals surface area contributed by atoms with Crippen molar-refractivity contribution in [2.24, 2.45) is 16.0 Å². The number of pyridine rings is 1. The Morgan fingerprint density at radius 1 is 1.29 bits per heavy atom. The van der Waals surface area contributed by atoms with Crippen molar-refractivity contribution in [3.63, 3.8) is 0 Å². The van der Waals surface area contributed by atoms with E-state index in [0.29, 0.717) is 23.2 Å². The molecule has 7 heteroatoms. The number of rotatable bonds is 4. The van der Waals surface area contributed by atoms with E-state index >= 15 is 0 Å². The molecule has 2 atom stereocenters. The maximum Gasteiger partial charge on any atom is 0.257 e. The highest BCUT2D eigenvalue weighted by molar-refractivity contribution is 6.32. The van der Waals surface area contributed by atoms with Crippen molar-refractivity contribution >= 4 is 40.5 Å². The summed E-state index contributed by atoms with van der Waals surface area (Å²) in [7, 11) is 0. The van der Waals surface area contributed by atoms with Gasteiger partial charge in [0.25, 0.3) is 5.91 Å². The number of nitrogens with zero attached hydrogens (tertiary/aromatic N) is 4. The number of hydrazone groups is 1. The summed E-state index contributed by atoms with van der Waals surface area (Å²) in [6.45, 7) is 4.29. The Morgan fingerprint density at radius 3 is 2.93 bits per heavy atom. The second kappa shape index (κ2) is 7.56. The summed E-state index contributed by atoms with van der Waals surface area (Å²) >= 11 is 6.34. The number of allylic oxidation sites excluding steroid dienone is 2. The molecule has 4 rings (SSSR count). The van der Waals surface area contributed by atoms with E-state index in [4.69, 9.17) is 16.3 Å². The molecule has 6 nitrogen and oxygen atoms in total. The first-order chi connectivity index (χ1) is 13.6. The van der Waals surface area contributed by atoms with Gasteiger partial charge in [-0.1, -0.05) is 35.9 Å². The lowest BCUT2D eigenvalue weighted by molar-refractivity contribution is -0.131. The van der Waals surface area contributed by atoms with Crippen molar-refractivity contribution in [3.8, 4) is 5.75 Å². The lowest BCUT2D eigenvalue weighted by Gasteiger charge is -2.30. The fraction of sp³-hybridized carbons (Fsp3) is 0.238. The first-order valence-electron chi connectivity index (χ1n) is 9.07. The number of aromatic nitrogens is 1. The molecule has 0 saturated carbocycles. The molecule has 1 aliphatic carbocycles. The number of hydrogen-bond donors (Lipinski definition) is 0. The Labute approximate surface area is 167 Å². The van der Waals surface area contributed by atoms with Crippen molar-refractivity contribution in [2.45, 2.75) is 19.9 Å². The number of aliphatic imine (C=N–C) groups is 1. The summed E-state index contributed by atoms with van der Waals surface area (Å²) in [5.41, 5.74) is 1.36. The molecule has 1 aromatic carbocycles. The number of benzene rings is 1. The summed E-state index contributed by atoms with van der Waals surface area (Å²) in [6.07, 6.45) is 9.09. The van der Waals surface area contributed by atoms with Crippen molar-refractivity contribution in [1.82, 2.24) is 9.99 Å². The van der Waals surface area contributed by atoms with Gasteiger partial charge in [0, 0.05) is 17.0 Å². The molecule has 2 aromatic rings. The van der Waals surface area contributed by atoms with E-state index in [0.717, 1.165) is 16.7 Å². The molecule has 0 saturated heterocycles. The SMILES string of the molecule is CCOc1ccc2cc(/C=N\N3C(=O)[C@H]4C=CC=C[C@@H]4N=C3C)c(Cl)nc2c1. The van der Waals surface area contributed by atoms with Gasteiger partial charge < -0.3 is 4.74 Å². The minimum Gasteiger partial charge on any atom is -0.494 e. The maximum atomic E-state index is 12.8. The average Bonchev–Trinajstić information content (AvgIpc) is 2.68. The standard InChI is InChI=1S/C21H19ClN4O2/c1-3-28-16-9-8-14-10-15(20(22)25-19(14)11-16)12-23-26-13(2)24-18-7-5-4-6-17(18)21(26)27/h4-12,17-18H,3H2,1-2H3/b23-12-/t17-,18-/m0/s1. The number of carbonyl (C=O) groups excluding carboxylic acids is 1. The number of carbonyl (C=O) groups is 1. The van der Waals surface area contributed by atoms with Gasteiger partial charge in [-0.3, -0.25) is 9.79 Å². The number of fused-ring (bicyclic) bond motifs is 2. The molecule has 2 aliphatic rings. The third-order valence-corrected chi connectivity index (χ3v) is 4.94. The summed E-state index contributed by atoms with van der Waals surface area (Å²) in [5, 5.41) is 6.88. The fourth-order valence-corrected chi connectivity index (χ4v) is 3.46. The van der Waals surface area contributed by atoms with Crippen LogP contribution in [0.3, 0.4) is 0 Å². The predicted octanol–water partition coefficient (Wildman–Crippen LogP) is 3.99. The van der Waals surface area contributed by atoms with Crippen molar-refractivity contribution in [2.75, 3.05) is 6.61 Å². The number of halogens is 1. The van der Waals surface area contributed by atoms with Crippen LogP contribution in [-0.2, 0) is 4.79 Å². The molecular formula is C21H19ClN4O2. The zero-order chi connectivity index (χ0) is 19.7. The van der Waals surface area contributed by atoms with Gasteiger partial charge in [-0.05, 0) is 32.0 Å². The Hall–Kier alpha value is -2.99. The summed E-state index contributed by atoms with van der Waals surface area (Å²) < 4.78 is 5.50. The van der Waals surface area contributed by atoms with Crippen molar-refractivity contribution in [3.05, 3.63) is 59.3 Å². The largest absolute Gasteiger partial charge is 0.494 e. The van der Waals surface area contributed by atoms with Gasteiger partial charge in [-0.15, -0.1) is 0 Å². The minimum absolute atomic E-state index is 0.111. The molecule has 142 valence electrons. The lowest BCUT2D eigenvalue weighted by atomic mass is 9.93. The molecular weight excluding hydrogens is 376 g/mol. The van der Waals surface area contributed by atoms with Gasteiger partial charge in [0.05, 0.1) is 30.3 Å². The molecule has 1 amide bonds. The van der Waals surface area contributed by atoms with Crippen LogP contribution < -0.4 is 4.74 Å². The zero-order valence-corrected chi connectivity index (χ0v) is 16.3. The van der Waals surface area contributed by atoms with Crippen LogP contribution in [0.15, 0.2) is 58.7 Å². The maximum absolute atomic E-state index is 12.8. The summed E-state index contributed by atoms with van der Waals surface area (Å²) in [4.78, 5) is 21.8. The molecule has 0 bridgehead atoms. The normalized spacial score (nSPS) is 21.3. The lowest BCUT2D eigenvalue weighted by Crippen LogP contribution is -2.44. The number of hydrogen-bond acceptors (Lipinski definition) is 5. The van der Waals surface area contributed by atoms with E-state index in [1.165, 1.54) is 5.01 Å². The van der Waals surface area contributed by atoms with Gasteiger partial charge in [0.2, 0.25) is 0 Å². The molecule has 2 heterocycles. The Kier molecular flexibility index (Phi) is 4.96. The third-order valence-electron chi connectivity index (χ3n) is 4.64. The van der Waals surface area contributed by atoms with Gasteiger partial charge in [0.1, 0.15) is 16.7 Å². The van der Waals surface area contributed by atoms with Crippen LogP contribution in [0.25, 0.3) is 10.9 Å². The number of amides is 1. The molecule has 0 spiro atoms. The quantitative estimate of drug-likeness (QED) is 0.581. The summed E-state index contributed by atoms with van der Waals surface area (Å²) in [6, 6.07) is 7.38. The van der Waals surface area contributed by atoms with E-state index in [1.54, 1.807) is 13.1 Å². The molecule has 28 heavy (non-hydrogen) atoms. The topological polar surface area (TPSA) is 67.2 Å². The van der Waals surface area contributed by atoms with Crippen molar-refractivity contribution < 1.29 is 9.53 Å². The highest BCUT2D eigenvalue weighted by Gasteiger charge is 2.35. The van der Waals surface area contributed by atoms with Crippen LogP contribution in [0.5, 0.6) is 5.75 Å². The smallest absolute Gasteiger partial charge is 0.257 e. The first kappa shape index (κ1) is 18.4. The van der Waals surface area contributed by atoms with Crippen LogP contribution in [0.4, 0.5) is 0 Å². The van der Waals surface area contributed by atoms with Crippen LogP contribution >= 0.6 is 11.6 Å². The van der Waals surface area contributed by atoms with Gasteiger partial charge >= 0.3 is 0 Å². The Bertz CT molecular complexity index is 1060. The number of ether oxygens (including phenoxy) is 1. The van der Waals surface area contributed by atoms with E-state index < -0.39 is 0 Å². The monoisotopic (exact) mass is 394 g/mol.